The smallest absolute Gasteiger partial charge is 0.335 e. The lowest BCUT2D eigenvalue weighted by molar-refractivity contribution is 0.0696. The molecule has 2 rings (SSSR count). The molecule has 0 aliphatic heterocycles. The van der Waals surface area contributed by atoms with Crippen LogP contribution in [0.5, 0.6) is 0 Å². The zero-order chi connectivity index (χ0) is 11.9. The minimum absolute atomic E-state index is 0. The first-order chi connectivity index (χ1) is 7.50. The van der Waals surface area contributed by atoms with Gasteiger partial charge in [0.1, 0.15) is 5.82 Å². The standard InChI is InChI=1S/C12H12N2O2.ClH/c1-6-5-9-7(2)8(12(15)16)3-4-10(9)14-11(6)13;/h3-5H,1-2H3,(H2,13,14)(H,15,16);1H. The summed E-state index contributed by atoms with van der Waals surface area (Å²) < 4.78 is 0. The molecule has 0 saturated carbocycles. The molecule has 17 heavy (non-hydrogen) atoms. The number of nitrogen functional groups attached to an aromatic ring is 1. The molecule has 0 radical (unpaired) electrons. The van der Waals surface area contributed by atoms with Crippen molar-refractivity contribution in [3.63, 3.8) is 0 Å². The van der Waals surface area contributed by atoms with Crippen molar-refractivity contribution in [2.45, 2.75) is 13.8 Å². The topological polar surface area (TPSA) is 76.2 Å². The molecule has 3 N–H and O–H groups in total. The number of aryl methyl sites for hydroxylation is 2. The Hall–Kier alpha value is -1.81. The van der Waals surface area contributed by atoms with E-state index in [1.165, 1.54) is 0 Å². The van der Waals surface area contributed by atoms with E-state index in [2.05, 4.69) is 4.98 Å². The number of fused-ring (bicyclic) bond motifs is 1. The predicted molar refractivity (Wildman–Crippen MR) is 69.8 cm³/mol. The summed E-state index contributed by atoms with van der Waals surface area (Å²) in [7, 11) is 0. The third-order valence-corrected chi connectivity index (χ3v) is 2.73. The van der Waals surface area contributed by atoms with Crippen LogP contribution in [0.1, 0.15) is 21.5 Å². The number of halogens is 1. The van der Waals surface area contributed by atoms with Crippen molar-refractivity contribution < 1.29 is 9.90 Å². The van der Waals surface area contributed by atoms with Crippen molar-refractivity contribution in [2.24, 2.45) is 0 Å². The van der Waals surface area contributed by atoms with Crippen LogP contribution in [0.4, 0.5) is 5.82 Å². The van der Waals surface area contributed by atoms with E-state index in [1.54, 1.807) is 19.1 Å². The molecule has 2 aromatic rings. The van der Waals surface area contributed by atoms with Crippen LogP contribution >= 0.6 is 12.4 Å². The van der Waals surface area contributed by atoms with Gasteiger partial charge in [0.05, 0.1) is 11.1 Å². The highest BCUT2D eigenvalue weighted by Gasteiger charge is 2.11. The number of hydrogen-bond acceptors (Lipinski definition) is 3. The highest BCUT2D eigenvalue weighted by Crippen LogP contribution is 2.23. The van der Waals surface area contributed by atoms with Crippen molar-refractivity contribution in [3.05, 3.63) is 34.9 Å². The fourth-order valence-corrected chi connectivity index (χ4v) is 1.73. The van der Waals surface area contributed by atoms with E-state index >= 15 is 0 Å². The van der Waals surface area contributed by atoms with Crippen molar-refractivity contribution in [2.75, 3.05) is 5.73 Å². The van der Waals surface area contributed by atoms with Gasteiger partial charge in [-0.1, -0.05) is 0 Å². The monoisotopic (exact) mass is 252 g/mol. The summed E-state index contributed by atoms with van der Waals surface area (Å²) in [6.07, 6.45) is 0. The highest BCUT2D eigenvalue weighted by atomic mass is 35.5. The van der Waals surface area contributed by atoms with E-state index in [1.807, 2.05) is 13.0 Å². The third kappa shape index (κ3) is 2.17. The maximum Gasteiger partial charge on any atom is 0.335 e. The Morgan fingerprint density at radius 2 is 2.00 bits per heavy atom. The SMILES string of the molecule is Cc1cc2c(C)c(C(=O)O)ccc2nc1N.Cl. The Labute approximate surface area is 105 Å². The van der Waals surface area contributed by atoms with Crippen LogP contribution in [-0.2, 0) is 0 Å². The fourth-order valence-electron chi connectivity index (χ4n) is 1.73. The molecular formula is C12H13ClN2O2. The predicted octanol–water partition coefficient (Wildman–Crippen LogP) is 2.55. The van der Waals surface area contributed by atoms with E-state index in [0.29, 0.717) is 11.4 Å². The second kappa shape index (κ2) is 4.59. The van der Waals surface area contributed by atoms with Crippen LogP contribution in [0.3, 0.4) is 0 Å². The number of nitrogens with zero attached hydrogens (tertiary/aromatic N) is 1. The van der Waals surface area contributed by atoms with E-state index in [0.717, 1.165) is 22.0 Å². The van der Waals surface area contributed by atoms with Gasteiger partial charge in [-0.15, -0.1) is 12.4 Å². The number of pyridine rings is 1. The van der Waals surface area contributed by atoms with Crippen molar-refractivity contribution in [1.29, 1.82) is 0 Å². The number of aromatic nitrogens is 1. The number of carboxylic acid groups (broad SMARTS) is 1. The second-order valence-electron chi connectivity index (χ2n) is 3.80. The number of aromatic carboxylic acids is 1. The molecule has 5 heteroatoms. The van der Waals surface area contributed by atoms with Gasteiger partial charge >= 0.3 is 5.97 Å². The molecule has 0 unspecified atom stereocenters. The Morgan fingerprint density at radius 3 is 2.59 bits per heavy atom. The number of carbonyl (C=O) groups is 1. The van der Waals surface area contributed by atoms with Crippen LogP contribution in [0, 0.1) is 13.8 Å². The molecule has 1 aromatic heterocycles. The van der Waals surface area contributed by atoms with Gasteiger partial charge in [0.2, 0.25) is 0 Å². The quantitative estimate of drug-likeness (QED) is 0.818. The van der Waals surface area contributed by atoms with Gasteiger partial charge in [-0.05, 0) is 43.2 Å². The minimum Gasteiger partial charge on any atom is -0.478 e. The van der Waals surface area contributed by atoms with Gasteiger partial charge < -0.3 is 10.8 Å². The highest BCUT2D eigenvalue weighted by molar-refractivity contribution is 5.97. The van der Waals surface area contributed by atoms with Crippen LogP contribution < -0.4 is 5.73 Å². The largest absolute Gasteiger partial charge is 0.478 e. The molecule has 1 aromatic carbocycles. The lowest BCUT2D eigenvalue weighted by Gasteiger charge is -2.07. The van der Waals surface area contributed by atoms with Crippen LogP contribution in [0.2, 0.25) is 0 Å². The third-order valence-electron chi connectivity index (χ3n) is 2.73. The summed E-state index contributed by atoms with van der Waals surface area (Å²) in [5.41, 5.74) is 8.32. The van der Waals surface area contributed by atoms with Gasteiger partial charge in [-0.3, -0.25) is 0 Å². The Bertz CT molecular complexity index is 597. The van der Waals surface area contributed by atoms with Gasteiger partial charge in [0.25, 0.3) is 0 Å². The summed E-state index contributed by atoms with van der Waals surface area (Å²) in [6.45, 7) is 3.64. The molecule has 0 saturated heterocycles. The number of rotatable bonds is 1. The maximum atomic E-state index is 11.0. The van der Waals surface area contributed by atoms with Gasteiger partial charge in [0, 0.05) is 5.39 Å². The molecule has 0 fully saturated rings. The minimum atomic E-state index is -0.922. The molecular weight excluding hydrogens is 240 g/mol. The maximum absolute atomic E-state index is 11.0. The number of hydrogen-bond donors (Lipinski definition) is 2. The normalized spacial score (nSPS) is 10.0. The molecule has 0 aliphatic rings. The van der Waals surface area contributed by atoms with Gasteiger partial charge in [0.15, 0.2) is 0 Å². The van der Waals surface area contributed by atoms with Crippen molar-refractivity contribution in [1.82, 2.24) is 4.98 Å². The van der Waals surface area contributed by atoms with Crippen LogP contribution in [0.25, 0.3) is 10.9 Å². The van der Waals surface area contributed by atoms with Crippen LogP contribution in [0.15, 0.2) is 18.2 Å². The Kier molecular flexibility index (Phi) is 3.58. The first-order valence-electron chi connectivity index (χ1n) is 4.90. The average Bonchev–Trinajstić information content (AvgIpc) is 2.21. The molecule has 1 heterocycles. The van der Waals surface area contributed by atoms with E-state index in [9.17, 15) is 4.79 Å². The van der Waals surface area contributed by atoms with E-state index in [-0.39, 0.29) is 12.4 Å². The molecule has 0 atom stereocenters. The fraction of sp³-hybridized carbons (Fsp3) is 0.167. The summed E-state index contributed by atoms with van der Waals surface area (Å²) in [4.78, 5) is 15.2. The number of nitrogens with two attached hydrogens (primary N) is 1. The first-order valence-corrected chi connectivity index (χ1v) is 4.90. The zero-order valence-corrected chi connectivity index (χ0v) is 10.3. The molecule has 0 amide bonds. The van der Waals surface area contributed by atoms with Gasteiger partial charge in [-0.2, -0.15) is 0 Å². The number of benzene rings is 1. The average molecular weight is 253 g/mol. The van der Waals surface area contributed by atoms with Crippen molar-refractivity contribution in [3.8, 4) is 0 Å². The second-order valence-corrected chi connectivity index (χ2v) is 3.80. The first kappa shape index (κ1) is 13.3. The summed E-state index contributed by atoms with van der Waals surface area (Å²) >= 11 is 0. The van der Waals surface area contributed by atoms with E-state index in [4.69, 9.17) is 10.8 Å². The summed E-state index contributed by atoms with van der Waals surface area (Å²) in [5.74, 6) is -0.441. The Balaban J connectivity index is 0.00000144. The molecule has 4 nitrogen and oxygen atoms in total. The summed E-state index contributed by atoms with van der Waals surface area (Å²) in [6, 6.07) is 5.11. The van der Waals surface area contributed by atoms with Crippen molar-refractivity contribution >= 4 is 35.1 Å². The summed E-state index contributed by atoms with van der Waals surface area (Å²) in [5, 5.41) is 9.84. The number of anilines is 1. The van der Waals surface area contributed by atoms with E-state index < -0.39 is 5.97 Å². The van der Waals surface area contributed by atoms with Crippen LogP contribution in [-0.4, -0.2) is 16.1 Å². The number of carboxylic acids is 1. The Morgan fingerprint density at radius 1 is 1.35 bits per heavy atom. The lowest BCUT2D eigenvalue weighted by Crippen LogP contribution is -2.02. The molecule has 0 aliphatic carbocycles. The zero-order valence-electron chi connectivity index (χ0n) is 9.52. The lowest BCUT2D eigenvalue weighted by atomic mass is 10.0. The van der Waals surface area contributed by atoms with Gasteiger partial charge in [-0.25, -0.2) is 9.78 Å². The molecule has 0 spiro atoms. The molecule has 90 valence electrons. The molecule has 0 bridgehead atoms.